The summed E-state index contributed by atoms with van der Waals surface area (Å²) in [5, 5.41) is 3.07. The van der Waals surface area contributed by atoms with E-state index in [0.29, 0.717) is 39.5 Å². The fraction of sp³-hybridized carbons (Fsp3) is 0.500. The smallest absolute Gasteiger partial charge is 0.227 e. The van der Waals surface area contributed by atoms with Crippen LogP contribution in [0.5, 0.6) is 11.5 Å². The molecule has 4 rings (SSSR count). The molecule has 2 fully saturated rings. The Morgan fingerprint density at radius 2 is 2.25 bits per heavy atom. The number of aromatic nitrogens is 2. The van der Waals surface area contributed by atoms with Gasteiger partial charge in [-0.1, -0.05) is 12.1 Å². The van der Waals surface area contributed by atoms with Crippen LogP contribution in [0.15, 0.2) is 36.9 Å². The molecule has 2 aliphatic rings. The van der Waals surface area contributed by atoms with Crippen LogP contribution in [0, 0.1) is 5.92 Å². The topological polar surface area (TPSA) is 77.9 Å². The summed E-state index contributed by atoms with van der Waals surface area (Å²) in [6.07, 6.45) is 5.44. The third-order valence-electron chi connectivity index (χ3n) is 5.14. The van der Waals surface area contributed by atoms with Crippen LogP contribution < -0.4 is 14.8 Å². The van der Waals surface area contributed by atoms with Gasteiger partial charge in [-0.25, -0.2) is 4.98 Å². The monoisotopic (exact) mass is 386 g/mol. The lowest BCUT2D eigenvalue weighted by Crippen LogP contribution is -2.41. The number of rotatable bonds is 7. The van der Waals surface area contributed by atoms with Gasteiger partial charge in [0.2, 0.25) is 5.91 Å². The van der Waals surface area contributed by atoms with Crippen molar-refractivity contribution in [1.82, 2.24) is 19.8 Å². The highest BCUT2D eigenvalue weighted by Gasteiger charge is 2.33. The van der Waals surface area contributed by atoms with Gasteiger partial charge in [0.15, 0.2) is 11.5 Å². The minimum Gasteiger partial charge on any atom is -0.493 e. The van der Waals surface area contributed by atoms with E-state index in [2.05, 4.69) is 21.3 Å². The van der Waals surface area contributed by atoms with E-state index in [4.69, 9.17) is 14.2 Å². The van der Waals surface area contributed by atoms with Gasteiger partial charge < -0.3 is 24.1 Å². The van der Waals surface area contributed by atoms with E-state index in [1.54, 1.807) is 19.6 Å². The lowest BCUT2D eigenvalue weighted by molar-refractivity contribution is -0.125. The van der Waals surface area contributed by atoms with Crippen LogP contribution in [0.3, 0.4) is 0 Å². The maximum Gasteiger partial charge on any atom is 0.227 e. The van der Waals surface area contributed by atoms with Gasteiger partial charge in [0.25, 0.3) is 0 Å². The number of amides is 1. The summed E-state index contributed by atoms with van der Waals surface area (Å²) in [7, 11) is 1.65. The van der Waals surface area contributed by atoms with Crippen molar-refractivity contribution in [1.29, 1.82) is 0 Å². The molecule has 2 atom stereocenters. The molecular weight excluding hydrogens is 360 g/mol. The van der Waals surface area contributed by atoms with Gasteiger partial charge in [-0.2, -0.15) is 0 Å². The Morgan fingerprint density at radius 3 is 3.07 bits per heavy atom. The Labute approximate surface area is 164 Å². The quantitative estimate of drug-likeness (QED) is 0.763. The lowest BCUT2D eigenvalue weighted by Gasteiger charge is -2.28. The zero-order chi connectivity index (χ0) is 19.3. The Balaban J connectivity index is 1.48. The molecule has 0 spiro atoms. The molecule has 28 heavy (non-hydrogen) atoms. The Kier molecular flexibility index (Phi) is 5.78. The zero-order valence-electron chi connectivity index (χ0n) is 16.0. The van der Waals surface area contributed by atoms with Crippen LogP contribution in [0.25, 0.3) is 0 Å². The number of fused-ring (bicyclic) bond motifs is 3. The number of benzene rings is 1. The molecular formula is C20H26N4O4. The van der Waals surface area contributed by atoms with Crippen LogP contribution in [0.1, 0.15) is 5.56 Å². The van der Waals surface area contributed by atoms with E-state index in [0.717, 1.165) is 23.6 Å². The van der Waals surface area contributed by atoms with Crippen LogP contribution in [-0.2, 0) is 22.6 Å². The van der Waals surface area contributed by atoms with E-state index in [-0.39, 0.29) is 17.9 Å². The second-order valence-corrected chi connectivity index (χ2v) is 7.23. The predicted octanol–water partition coefficient (Wildman–Crippen LogP) is 0.917. The molecule has 2 aromatic rings. The van der Waals surface area contributed by atoms with E-state index < -0.39 is 0 Å². The number of carbonyl (C=O) groups is 1. The minimum absolute atomic E-state index is 0.0243. The van der Waals surface area contributed by atoms with Gasteiger partial charge in [-0.3, -0.25) is 9.69 Å². The number of hydrogen-bond acceptors (Lipinski definition) is 6. The molecule has 150 valence electrons. The first-order valence-corrected chi connectivity index (χ1v) is 9.58. The van der Waals surface area contributed by atoms with Crippen molar-refractivity contribution >= 4 is 5.91 Å². The van der Waals surface area contributed by atoms with Gasteiger partial charge in [0, 0.05) is 37.6 Å². The highest BCUT2D eigenvalue weighted by molar-refractivity contribution is 5.80. The van der Waals surface area contributed by atoms with Crippen LogP contribution in [0.4, 0.5) is 0 Å². The summed E-state index contributed by atoms with van der Waals surface area (Å²) < 4.78 is 19.2. The summed E-state index contributed by atoms with van der Waals surface area (Å²) in [5.41, 5.74) is 1.05. The van der Waals surface area contributed by atoms with Crippen molar-refractivity contribution in [2.75, 3.05) is 40.0 Å². The van der Waals surface area contributed by atoms with Crippen molar-refractivity contribution < 1.29 is 19.0 Å². The van der Waals surface area contributed by atoms with E-state index in [1.807, 2.05) is 22.9 Å². The van der Waals surface area contributed by atoms with E-state index in [9.17, 15) is 4.79 Å². The molecule has 2 saturated heterocycles. The molecule has 2 bridgehead atoms. The molecule has 3 heterocycles. The van der Waals surface area contributed by atoms with Crippen molar-refractivity contribution in [2.24, 2.45) is 5.92 Å². The van der Waals surface area contributed by atoms with Gasteiger partial charge in [0.05, 0.1) is 45.2 Å². The number of nitrogens with one attached hydrogen (secondary N) is 1. The fourth-order valence-electron chi connectivity index (χ4n) is 3.77. The maximum atomic E-state index is 12.2. The second-order valence-electron chi connectivity index (χ2n) is 7.23. The number of ether oxygens (including phenoxy) is 3. The summed E-state index contributed by atoms with van der Waals surface area (Å²) in [6, 6.07) is 5.96. The molecule has 8 nitrogen and oxygen atoms in total. The third-order valence-corrected chi connectivity index (χ3v) is 5.14. The lowest BCUT2D eigenvalue weighted by atomic mass is 10.1. The van der Waals surface area contributed by atoms with E-state index >= 15 is 0 Å². The number of para-hydroxylation sites is 1. The van der Waals surface area contributed by atoms with Crippen LogP contribution in [0.2, 0.25) is 0 Å². The molecule has 0 unspecified atom stereocenters. The third kappa shape index (κ3) is 4.28. The Hall–Kier alpha value is -2.58. The highest BCUT2D eigenvalue weighted by Crippen LogP contribution is 2.32. The number of methoxy groups -OCH3 is 1. The maximum absolute atomic E-state index is 12.2. The van der Waals surface area contributed by atoms with E-state index in [1.165, 1.54) is 0 Å². The first-order valence-electron chi connectivity index (χ1n) is 9.58. The first-order chi connectivity index (χ1) is 13.7. The average Bonchev–Trinajstić information content (AvgIpc) is 3.07. The van der Waals surface area contributed by atoms with Crippen molar-refractivity contribution in [3.63, 3.8) is 0 Å². The number of imidazole rings is 1. The zero-order valence-corrected chi connectivity index (χ0v) is 16.0. The molecule has 1 aromatic heterocycles. The van der Waals surface area contributed by atoms with Gasteiger partial charge in [0.1, 0.15) is 6.61 Å². The van der Waals surface area contributed by atoms with Crippen LogP contribution in [-0.4, -0.2) is 66.4 Å². The summed E-state index contributed by atoms with van der Waals surface area (Å²) >= 11 is 0. The normalized spacial score (nSPS) is 22.4. The molecule has 8 heteroatoms. The standard InChI is InChI=1S/C20H26N4O4/c1-26-18-4-2-3-15(19(18)28-8-7-23-6-5-21-14-23)9-24-10-16-12-27-13-17(11-24)22-20(16)25/h2-6,14,16-17H,7-13H2,1H3,(H,22,25)/t16-,17+/m1/s1. The summed E-state index contributed by atoms with van der Waals surface area (Å²) in [5.74, 6) is 1.43. The fourth-order valence-corrected chi connectivity index (χ4v) is 3.77. The molecule has 2 aliphatic heterocycles. The molecule has 0 saturated carbocycles. The molecule has 1 amide bonds. The van der Waals surface area contributed by atoms with Crippen molar-refractivity contribution in [3.8, 4) is 11.5 Å². The minimum atomic E-state index is -0.135. The van der Waals surface area contributed by atoms with Gasteiger partial charge in [-0.15, -0.1) is 0 Å². The SMILES string of the molecule is COc1cccc(CN2C[C@H]3COC[C@@H](C2)C(=O)N3)c1OCCn1ccnc1. The molecule has 1 aromatic carbocycles. The van der Waals surface area contributed by atoms with Crippen molar-refractivity contribution in [2.45, 2.75) is 19.1 Å². The number of hydrogen-bond donors (Lipinski definition) is 1. The largest absolute Gasteiger partial charge is 0.493 e. The first kappa shape index (κ1) is 18.8. The molecule has 1 N–H and O–H groups in total. The molecule has 0 aliphatic carbocycles. The Morgan fingerprint density at radius 1 is 1.32 bits per heavy atom. The van der Waals surface area contributed by atoms with Crippen LogP contribution >= 0.6 is 0 Å². The Bertz CT molecular complexity index is 796. The summed E-state index contributed by atoms with van der Waals surface area (Å²) in [6.45, 7) is 4.39. The highest BCUT2D eigenvalue weighted by atomic mass is 16.5. The number of carbonyl (C=O) groups excluding carboxylic acids is 1. The van der Waals surface area contributed by atoms with Gasteiger partial charge >= 0.3 is 0 Å². The average molecular weight is 386 g/mol. The summed E-state index contributed by atoms with van der Waals surface area (Å²) in [4.78, 5) is 18.6. The van der Waals surface area contributed by atoms with Gasteiger partial charge in [-0.05, 0) is 6.07 Å². The molecule has 0 radical (unpaired) electrons. The van der Waals surface area contributed by atoms with Crippen molar-refractivity contribution in [3.05, 3.63) is 42.5 Å². The second kappa shape index (κ2) is 8.62. The predicted molar refractivity (Wildman–Crippen MR) is 102 cm³/mol. The number of nitrogens with zero attached hydrogens (tertiary/aromatic N) is 3.